The van der Waals surface area contributed by atoms with Crippen LogP contribution in [0.25, 0.3) is 5.65 Å². The first-order valence-corrected chi connectivity index (χ1v) is 10.8. The zero-order valence-electron chi connectivity index (χ0n) is 17.7. The number of urea groups is 1. The number of nitrogens with one attached hydrogen (secondary N) is 1. The van der Waals surface area contributed by atoms with Crippen LogP contribution in [0.15, 0.2) is 48.8 Å². The Kier molecular flexibility index (Phi) is 5.67. The minimum Gasteiger partial charge on any atom is -0.381 e. The molecule has 8 nitrogen and oxygen atoms in total. The number of amides is 2. The van der Waals surface area contributed by atoms with E-state index in [2.05, 4.69) is 22.1 Å². The summed E-state index contributed by atoms with van der Waals surface area (Å²) in [5.74, 6) is 6.46. The second kappa shape index (κ2) is 8.91. The number of hydrogen-bond donors (Lipinski definition) is 2. The Hall–Kier alpha value is -3.54. The number of pyridine rings is 1. The maximum atomic E-state index is 11.6. The second-order valence-corrected chi connectivity index (χ2v) is 7.97. The lowest BCUT2D eigenvalue weighted by atomic mass is 10.0. The highest BCUT2D eigenvalue weighted by Gasteiger charge is 2.30. The fraction of sp³-hybridized carbons (Fsp3) is 0.333. The van der Waals surface area contributed by atoms with Crippen molar-refractivity contribution in [3.05, 3.63) is 65.6 Å². The number of carbonyl (C=O) groups is 1. The average molecular weight is 431 g/mol. The topological polar surface area (TPSA) is 94.1 Å². The maximum absolute atomic E-state index is 11.6. The van der Waals surface area contributed by atoms with Crippen molar-refractivity contribution >= 4 is 17.4 Å². The number of imidazole rings is 1. The SMILES string of the molecule is NC(=O)N1OCCC1c1cccc(C#Cc2cnc3c(NC4CCOCC4)cccn23)c1. The number of primary amides is 1. The van der Waals surface area contributed by atoms with E-state index >= 15 is 0 Å². The van der Waals surface area contributed by atoms with Crippen molar-refractivity contribution in [3.63, 3.8) is 0 Å². The molecule has 0 bridgehead atoms. The van der Waals surface area contributed by atoms with E-state index in [1.165, 1.54) is 5.06 Å². The summed E-state index contributed by atoms with van der Waals surface area (Å²) in [4.78, 5) is 21.6. The molecule has 32 heavy (non-hydrogen) atoms. The zero-order chi connectivity index (χ0) is 21.9. The maximum Gasteiger partial charge on any atom is 0.339 e. The summed E-state index contributed by atoms with van der Waals surface area (Å²) < 4.78 is 7.45. The predicted octanol–water partition coefficient (Wildman–Crippen LogP) is 3.08. The van der Waals surface area contributed by atoms with Gasteiger partial charge in [-0.2, -0.15) is 5.06 Å². The van der Waals surface area contributed by atoms with Gasteiger partial charge in [0.15, 0.2) is 5.65 Å². The number of hydrogen-bond acceptors (Lipinski definition) is 5. The summed E-state index contributed by atoms with van der Waals surface area (Å²) in [5.41, 5.74) is 9.90. The van der Waals surface area contributed by atoms with Crippen molar-refractivity contribution in [2.45, 2.75) is 31.3 Å². The minimum absolute atomic E-state index is 0.191. The Labute approximate surface area is 186 Å². The molecule has 0 spiro atoms. The molecule has 5 rings (SSSR count). The van der Waals surface area contributed by atoms with E-state index in [9.17, 15) is 4.79 Å². The number of anilines is 1. The van der Waals surface area contributed by atoms with Crippen molar-refractivity contribution in [3.8, 4) is 11.8 Å². The normalized spacial score (nSPS) is 19.0. The quantitative estimate of drug-likeness (QED) is 0.622. The number of fused-ring (bicyclic) bond motifs is 1. The third kappa shape index (κ3) is 4.13. The van der Waals surface area contributed by atoms with Gasteiger partial charge in [-0.05, 0) is 48.6 Å². The van der Waals surface area contributed by atoms with Gasteiger partial charge < -0.3 is 15.8 Å². The third-order valence-corrected chi connectivity index (χ3v) is 5.84. The molecule has 2 aliphatic heterocycles. The van der Waals surface area contributed by atoms with Gasteiger partial charge in [-0.1, -0.05) is 18.1 Å². The van der Waals surface area contributed by atoms with Gasteiger partial charge in [0.05, 0.1) is 24.5 Å². The van der Waals surface area contributed by atoms with E-state index < -0.39 is 6.03 Å². The number of benzene rings is 1. The molecule has 0 radical (unpaired) electrons. The number of rotatable bonds is 3. The molecule has 3 N–H and O–H groups in total. The molecule has 2 saturated heterocycles. The highest BCUT2D eigenvalue weighted by molar-refractivity contribution is 5.71. The predicted molar refractivity (Wildman–Crippen MR) is 120 cm³/mol. The van der Waals surface area contributed by atoms with E-state index in [4.69, 9.17) is 15.3 Å². The lowest BCUT2D eigenvalue weighted by Gasteiger charge is -2.24. The zero-order valence-corrected chi connectivity index (χ0v) is 17.7. The van der Waals surface area contributed by atoms with Crippen LogP contribution in [-0.4, -0.2) is 46.3 Å². The van der Waals surface area contributed by atoms with Crippen LogP contribution in [0.3, 0.4) is 0 Å². The standard InChI is InChI=1S/C24H25N5O3/c25-24(30)29-22(10-14-32-29)18-4-1-3-17(15-18)6-7-20-16-26-23-21(5-2-11-28(20)23)27-19-8-12-31-13-9-19/h1-5,11,15-16,19,22,27H,8-10,12-14H2,(H2,25,30). The van der Waals surface area contributed by atoms with Gasteiger partial charge in [-0.25, -0.2) is 9.78 Å². The lowest BCUT2D eigenvalue weighted by Crippen LogP contribution is -2.34. The second-order valence-electron chi connectivity index (χ2n) is 7.97. The Bertz CT molecular complexity index is 1190. The number of ether oxygens (including phenoxy) is 1. The molecule has 2 fully saturated rings. The molecular weight excluding hydrogens is 406 g/mol. The monoisotopic (exact) mass is 431 g/mol. The van der Waals surface area contributed by atoms with Gasteiger partial charge in [0.2, 0.25) is 0 Å². The van der Waals surface area contributed by atoms with Crippen LogP contribution in [0, 0.1) is 11.8 Å². The van der Waals surface area contributed by atoms with Gasteiger partial charge >= 0.3 is 6.03 Å². The van der Waals surface area contributed by atoms with Crippen LogP contribution in [0.5, 0.6) is 0 Å². The molecule has 4 heterocycles. The van der Waals surface area contributed by atoms with Crippen molar-refractivity contribution in [1.82, 2.24) is 14.4 Å². The molecule has 0 saturated carbocycles. The largest absolute Gasteiger partial charge is 0.381 e. The van der Waals surface area contributed by atoms with Crippen LogP contribution < -0.4 is 11.1 Å². The van der Waals surface area contributed by atoms with Gasteiger partial charge in [-0.15, -0.1) is 0 Å². The lowest BCUT2D eigenvalue weighted by molar-refractivity contribution is -0.0846. The molecule has 8 heteroatoms. The van der Waals surface area contributed by atoms with Crippen LogP contribution >= 0.6 is 0 Å². The van der Waals surface area contributed by atoms with Crippen molar-refractivity contribution in [2.75, 3.05) is 25.1 Å². The number of nitrogens with two attached hydrogens (primary N) is 1. The first-order chi connectivity index (χ1) is 15.7. The van der Waals surface area contributed by atoms with Crippen molar-refractivity contribution in [1.29, 1.82) is 0 Å². The summed E-state index contributed by atoms with van der Waals surface area (Å²) in [6.07, 6.45) is 6.45. The van der Waals surface area contributed by atoms with Crippen molar-refractivity contribution in [2.24, 2.45) is 5.73 Å². The average Bonchev–Trinajstić information content (AvgIpc) is 3.47. The minimum atomic E-state index is -0.583. The summed E-state index contributed by atoms with van der Waals surface area (Å²) >= 11 is 0. The van der Waals surface area contributed by atoms with Gasteiger partial charge in [0, 0.05) is 37.4 Å². The molecule has 2 aliphatic rings. The van der Waals surface area contributed by atoms with Crippen LogP contribution in [0.4, 0.5) is 10.5 Å². The van der Waals surface area contributed by atoms with Crippen LogP contribution in [0.2, 0.25) is 0 Å². The van der Waals surface area contributed by atoms with E-state index in [1.54, 1.807) is 6.20 Å². The van der Waals surface area contributed by atoms with Crippen LogP contribution in [-0.2, 0) is 9.57 Å². The Morgan fingerprint density at radius 3 is 2.84 bits per heavy atom. The molecule has 1 unspecified atom stereocenters. The summed E-state index contributed by atoms with van der Waals surface area (Å²) in [6, 6.07) is 11.5. The van der Waals surface area contributed by atoms with Crippen molar-refractivity contribution < 1.29 is 14.4 Å². The summed E-state index contributed by atoms with van der Waals surface area (Å²) in [5, 5.41) is 4.84. The fourth-order valence-electron chi connectivity index (χ4n) is 4.23. The molecule has 2 aromatic heterocycles. The molecule has 3 aromatic rings. The highest BCUT2D eigenvalue weighted by Crippen LogP contribution is 2.30. The fourth-order valence-corrected chi connectivity index (χ4v) is 4.23. The van der Waals surface area contributed by atoms with E-state index in [0.717, 1.165) is 54.2 Å². The number of nitrogens with zero attached hydrogens (tertiary/aromatic N) is 3. The molecule has 0 aliphatic carbocycles. The smallest absolute Gasteiger partial charge is 0.339 e. The van der Waals surface area contributed by atoms with Gasteiger partial charge in [-0.3, -0.25) is 9.24 Å². The summed E-state index contributed by atoms with van der Waals surface area (Å²) in [7, 11) is 0. The van der Waals surface area contributed by atoms with Gasteiger partial charge in [0.1, 0.15) is 5.69 Å². The highest BCUT2D eigenvalue weighted by atomic mass is 16.7. The number of carbonyl (C=O) groups excluding carboxylic acids is 1. The first kappa shape index (κ1) is 20.4. The number of hydroxylamine groups is 2. The molecule has 1 aromatic carbocycles. The van der Waals surface area contributed by atoms with E-state index in [-0.39, 0.29) is 6.04 Å². The Morgan fingerprint density at radius 2 is 2.00 bits per heavy atom. The van der Waals surface area contributed by atoms with Gasteiger partial charge in [0.25, 0.3) is 0 Å². The molecule has 2 amide bonds. The molecular formula is C24H25N5O3. The number of aromatic nitrogens is 2. The Balaban J connectivity index is 1.39. The van der Waals surface area contributed by atoms with E-state index in [1.807, 2.05) is 47.0 Å². The first-order valence-electron chi connectivity index (χ1n) is 10.8. The molecule has 164 valence electrons. The van der Waals surface area contributed by atoms with Crippen LogP contribution in [0.1, 0.15) is 42.1 Å². The van der Waals surface area contributed by atoms with E-state index in [0.29, 0.717) is 19.1 Å². The summed E-state index contributed by atoms with van der Waals surface area (Å²) in [6.45, 7) is 2.04. The third-order valence-electron chi connectivity index (χ3n) is 5.84. The Morgan fingerprint density at radius 1 is 1.12 bits per heavy atom. The molecule has 1 atom stereocenters.